The van der Waals surface area contributed by atoms with Gasteiger partial charge in [-0.05, 0) is 37.0 Å². The van der Waals surface area contributed by atoms with Crippen molar-refractivity contribution in [2.45, 2.75) is 38.0 Å². The van der Waals surface area contributed by atoms with E-state index in [-0.39, 0.29) is 23.8 Å². The Morgan fingerprint density at radius 2 is 1.96 bits per heavy atom. The molecule has 0 saturated heterocycles. The summed E-state index contributed by atoms with van der Waals surface area (Å²) in [7, 11) is 3.15. The van der Waals surface area contributed by atoms with Gasteiger partial charge in [0.2, 0.25) is 5.91 Å². The lowest BCUT2D eigenvalue weighted by Gasteiger charge is -2.31. The molecule has 1 fully saturated rings. The molecule has 23 heavy (non-hydrogen) atoms. The van der Waals surface area contributed by atoms with E-state index in [1.165, 1.54) is 0 Å². The third-order valence-corrected chi connectivity index (χ3v) is 4.34. The van der Waals surface area contributed by atoms with E-state index in [0.29, 0.717) is 31.4 Å². The minimum Gasteiger partial charge on any atom is -0.390 e. The van der Waals surface area contributed by atoms with Crippen LogP contribution in [-0.2, 0) is 16.1 Å². The van der Waals surface area contributed by atoms with Crippen molar-refractivity contribution in [3.63, 3.8) is 0 Å². The second kappa shape index (κ2) is 8.08. The first-order valence-corrected chi connectivity index (χ1v) is 7.84. The van der Waals surface area contributed by atoms with Crippen LogP contribution in [-0.4, -0.2) is 43.3 Å². The summed E-state index contributed by atoms with van der Waals surface area (Å²) in [5.74, 6) is -0.283. The number of carbonyl (C=O) groups excluding carboxylic acids is 2. The smallest absolute Gasteiger partial charge is 0.251 e. The molecule has 1 aliphatic rings. The van der Waals surface area contributed by atoms with Gasteiger partial charge in [-0.2, -0.15) is 0 Å². The molecule has 0 spiro atoms. The maximum absolute atomic E-state index is 12.2. The van der Waals surface area contributed by atoms with Gasteiger partial charge in [0.05, 0.1) is 12.2 Å². The van der Waals surface area contributed by atoms with Crippen LogP contribution < -0.4 is 10.6 Å². The highest BCUT2D eigenvalue weighted by Crippen LogP contribution is 2.26. The van der Waals surface area contributed by atoms with Gasteiger partial charge in [-0.3, -0.25) is 9.59 Å². The van der Waals surface area contributed by atoms with Gasteiger partial charge in [0.1, 0.15) is 0 Å². The molecular weight excluding hydrogens is 296 g/mol. The molecule has 2 amide bonds. The van der Waals surface area contributed by atoms with E-state index >= 15 is 0 Å². The van der Waals surface area contributed by atoms with E-state index in [9.17, 15) is 14.7 Å². The molecule has 3 atom stereocenters. The molecule has 0 aliphatic heterocycles. The van der Waals surface area contributed by atoms with Crippen molar-refractivity contribution in [1.82, 2.24) is 10.6 Å². The van der Waals surface area contributed by atoms with Crippen molar-refractivity contribution in [3.05, 3.63) is 35.4 Å². The highest BCUT2D eigenvalue weighted by Gasteiger charge is 2.32. The molecule has 1 aromatic carbocycles. The lowest BCUT2D eigenvalue weighted by atomic mass is 9.84. The van der Waals surface area contributed by atoms with Gasteiger partial charge in [0.15, 0.2) is 0 Å². The second-order valence-corrected chi connectivity index (χ2v) is 5.85. The maximum Gasteiger partial charge on any atom is 0.251 e. The molecule has 3 unspecified atom stereocenters. The molecule has 3 N–H and O–H groups in total. The molecule has 6 nitrogen and oxygen atoms in total. The number of aliphatic hydroxyl groups is 1. The van der Waals surface area contributed by atoms with E-state index in [4.69, 9.17) is 4.74 Å². The molecule has 2 rings (SSSR count). The number of benzene rings is 1. The summed E-state index contributed by atoms with van der Waals surface area (Å²) in [5.41, 5.74) is 1.52. The number of aliphatic hydroxyl groups excluding tert-OH is 1. The van der Waals surface area contributed by atoms with Gasteiger partial charge in [-0.1, -0.05) is 12.1 Å². The highest BCUT2D eigenvalue weighted by molar-refractivity contribution is 5.93. The predicted octanol–water partition coefficient (Wildman–Crippen LogP) is 0.838. The molecule has 6 heteroatoms. The number of nitrogens with one attached hydrogen (secondary N) is 2. The van der Waals surface area contributed by atoms with Gasteiger partial charge in [0, 0.05) is 32.2 Å². The Bertz CT molecular complexity index is 544. The molecule has 1 aliphatic carbocycles. The van der Waals surface area contributed by atoms with E-state index < -0.39 is 6.10 Å². The SMILES string of the molecule is CNC(=O)c1ccc(CNC(=O)C2CCC(O)C(OC)C2)cc1. The van der Waals surface area contributed by atoms with Crippen LogP contribution in [0.1, 0.15) is 35.2 Å². The van der Waals surface area contributed by atoms with Gasteiger partial charge >= 0.3 is 0 Å². The normalized spacial score (nSPS) is 24.0. The predicted molar refractivity (Wildman–Crippen MR) is 85.8 cm³/mol. The first kappa shape index (κ1) is 17.4. The first-order valence-electron chi connectivity index (χ1n) is 7.84. The molecule has 0 aromatic heterocycles. The summed E-state index contributed by atoms with van der Waals surface area (Å²) in [6, 6.07) is 7.12. The van der Waals surface area contributed by atoms with Crippen LogP contribution in [0.4, 0.5) is 0 Å². The molecule has 1 aromatic rings. The number of rotatable bonds is 5. The number of methoxy groups -OCH3 is 1. The van der Waals surface area contributed by atoms with Gasteiger partial charge < -0.3 is 20.5 Å². The minimum atomic E-state index is -0.485. The Morgan fingerprint density at radius 3 is 2.57 bits per heavy atom. The average Bonchev–Trinajstić information content (AvgIpc) is 2.59. The Hall–Kier alpha value is -1.92. The quantitative estimate of drug-likeness (QED) is 0.750. The van der Waals surface area contributed by atoms with Crippen LogP contribution in [0, 0.1) is 5.92 Å². The first-order chi connectivity index (χ1) is 11.0. The Labute approximate surface area is 136 Å². The van der Waals surface area contributed by atoms with Crippen molar-refractivity contribution >= 4 is 11.8 Å². The van der Waals surface area contributed by atoms with E-state index in [1.54, 1.807) is 26.3 Å². The average molecular weight is 320 g/mol. The maximum atomic E-state index is 12.2. The lowest BCUT2D eigenvalue weighted by Crippen LogP contribution is -2.41. The molecular formula is C17H24N2O4. The molecule has 126 valence electrons. The van der Waals surface area contributed by atoms with Crippen LogP contribution >= 0.6 is 0 Å². The van der Waals surface area contributed by atoms with E-state index in [2.05, 4.69) is 10.6 Å². The van der Waals surface area contributed by atoms with Gasteiger partial charge in [-0.25, -0.2) is 0 Å². The van der Waals surface area contributed by atoms with Gasteiger partial charge in [-0.15, -0.1) is 0 Å². The summed E-state index contributed by atoms with van der Waals surface area (Å²) in [4.78, 5) is 23.7. The monoisotopic (exact) mass is 320 g/mol. The van der Waals surface area contributed by atoms with Crippen LogP contribution in [0.2, 0.25) is 0 Å². The fraction of sp³-hybridized carbons (Fsp3) is 0.529. The molecule has 1 saturated carbocycles. The summed E-state index contributed by atoms with van der Waals surface area (Å²) < 4.78 is 5.22. The number of ether oxygens (including phenoxy) is 1. The van der Waals surface area contributed by atoms with Crippen molar-refractivity contribution in [3.8, 4) is 0 Å². The summed E-state index contributed by atoms with van der Waals surface area (Å²) in [6.07, 6.45) is 1.03. The number of hydrogen-bond acceptors (Lipinski definition) is 4. The van der Waals surface area contributed by atoms with Crippen molar-refractivity contribution in [1.29, 1.82) is 0 Å². The summed E-state index contributed by atoms with van der Waals surface area (Å²) in [6.45, 7) is 0.420. The van der Waals surface area contributed by atoms with Crippen LogP contribution in [0.25, 0.3) is 0 Å². The topological polar surface area (TPSA) is 87.7 Å². The molecule has 0 heterocycles. The summed E-state index contributed by atoms with van der Waals surface area (Å²) in [5, 5.41) is 15.3. The molecule has 0 bridgehead atoms. The van der Waals surface area contributed by atoms with Crippen molar-refractivity contribution < 1.29 is 19.4 Å². The second-order valence-electron chi connectivity index (χ2n) is 5.85. The number of amides is 2. The van der Waals surface area contributed by atoms with Gasteiger partial charge in [0.25, 0.3) is 5.91 Å². The van der Waals surface area contributed by atoms with Crippen LogP contribution in [0.5, 0.6) is 0 Å². The largest absolute Gasteiger partial charge is 0.390 e. The zero-order valence-corrected chi connectivity index (χ0v) is 13.5. The van der Waals surface area contributed by atoms with E-state index in [1.807, 2.05) is 12.1 Å². The third-order valence-electron chi connectivity index (χ3n) is 4.34. The standard InChI is InChI=1S/C17H24N2O4/c1-18-16(21)12-5-3-11(4-6-12)10-19-17(22)13-7-8-14(20)15(9-13)23-2/h3-6,13-15,20H,7-10H2,1-2H3,(H,18,21)(H,19,22). The van der Waals surface area contributed by atoms with Crippen LogP contribution in [0.15, 0.2) is 24.3 Å². The Morgan fingerprint density at radius 1 is 1.26 bits per heavy atom. The zero-order chi connectivity index (χ0) is 16.8. The van der Waals surface area contributed by atoms with Crippen molar-refractivity contribution in [2.24, 2.45) is 5.92 Å². The Balaban J connectivity index is 1.85. The highest BCUT2D eigenvalue weighted by atomic mass is 16.5. The number of carbonyl (C=O) groups is 2. The lowest BCUT2D eigenvalue weighted by molar-refractivity contribution is -0.130. The zero-order valence-electron chi connectivity index (χ0n) is 13.5. The number of hydrogen-bond donors (Lipinski definition) is 3. The van der Waals surface area contributed by atoms with Crippen LogP contribution in [0.3, 0.4) is 0 Å². The minimum absolute atomic E-state index is 0.0191. The van der Waals surface area contributed by atoms with Crippen molar-refractivity contribution in [2.75, 3.05) is 14.2 Å². The Kier molecular flexibility index (Phi) is 6.12. The summed E-state index contributed by atoms with van der Waals surface area (Å²) >= 11 is 0. The fourth-order valence-corrected chi connectivity index (χ4v) is 2.86. The fourth-order valence-electron chi connectivity index (χ4n) is 2.86. The van der Waals surface area contributed by atoms with E-state index in [0.717, 1.165) is 5.56 Å². The molecule has 0 radical (unpaired) electrons. The third kappa shape index (κ3) is 4.53.